The predicted octanol–water partition coefficient (Wildman–Crippen LogP) is 4.91. The van der Waals surface area contributed by atoms with Gasteiger partial charge in [0.15, 0.2) is 0 Å². The summed E-state index contributed by atoms with van der Waals surface area (Å²) in [5.74, 6) is 0.976. The topological polar surface area (TPSA) is 49.9 Å². The Morgan fingerprint density at radius 3 is 2.26 bits per heavy atom. The third-order valence-corrected chi connectivity index (χ3v) is 7.43. The average Bonchev–Trinajstić information content (AvgIpc) is 3.47. The van der Waals surface area contributed by atoms with Crippen molar-refractivity contribution in [3.05, 3.63) is 73.1 Å². The van der Waals surface area contributed by atoms with Gasteiger partial charge in [-0.15, -0.1) is 22.7 Å². The van der Waals surface area contributed by atoms with E-state index in [4.69, 9.17) is 4.74 Å². The van der Waals surface area contributed by atoms with E-state index in [9.17, 15) is 9.59 Å². The van der Waals surface area contributed by atoms with Crippen molar-refractivity contribution >= 4 is 34.5 Å². The maximum atomic E-state index is 12.9. The number of ether oxygens (including phenoxy) is 1. The lowest BCUT2D eigenvalue weighted by Gasteiger charge is -2.34. The van der Waals surface area contributed by atoms with Gasteiger partial charge in [0.05, 0.1) is 9.75 Å². The maximum Gasteiger partial charge on any atom is 0.264 e. The van der Waals surface area contributed by atoms with Crippen LogP contribution in [0.2, 0.25) is 0 Å². The lowest BCUT2D eigenvalue weighted by atomic mass is 10.1. The first-order chi connectivity index (χ1) is 14.9. The Labute approximate surface area is 190 Å². The Hall–Kier alpha value is -2.64. The summed E-state index contributed by atoms with van der Waals surface area (Å²) in [5.41, 5.74) is 4.54. The molecule has 0 spiro atoms. The van der Waals surface area contributed by atoms with Gasteiger partial charge in [-0.2, -0.15) is 0 Å². The Morgan fingerprint density at radius 2 is 1.61 bits per heavy atom. The molecule has 1 fully saturated rings. The highest BCUT2D eigenvalue weighted by Gasteiger charge is 2.26. The van der Waals surface area contributed by atoms with Crippen LogP contribution in [0.1, 0.15) is 41.6 Å². The van der Waals surface area contributed by atoms with Crippen molar-refractivity contribution in [1.82, 2.24) is 9.80 Å². The summed E-state index contributed by atoms with van der Waals surface area (Å²) in [6, 6.07) is 9.86. The number of carbonyl (C=O) groups is 2. The lowest BCUT2D eigenvalue weighted by Crippen LogP contribution is -2.50. The Kier molecular flexibility index (Phi) is 6.43. The van der Waals surface area contributed by atoms with Crippen LogP contribution in [0.3, 0.4) is 0 Å². The van der Waals surface area contributed by atoms with E-state index in [1.54, 1.807) is 0 Å². The monoisotopic (exact) mass is 454 g/mol. The van der Waals surface area contributed by atoms with E-state index < -0.39 is 0 Å². The van der Waals surface area contributed by atoms with E-state index >= 15 is 0 Å². The molecule has 0 aliphatic carbocycles. The molecule has 2 amide bonds. The number of hydrogen-bond donors (Lipinski definition) is 0. The zero-order valence-corrected chi connectivity index (χ0v) is 19.6. The SMILES string of the molecule is Cc1cc(C)c(C)c(OCc2csc(C(=O)N3CCN(C(=O)c4cccs4)CC3)c2)c1. The second kappa shape index (κ2) is 9.24. The van der Waals surface area contributed by atoms with Crippen LogP contribution in [-0.2, 0) is 6.61 Å². The van der Waals surface area contributed by atoms with Crippen molar-refractivity contribution < 1.29 is 14.3 Å². The minimum absolute atomic E-state index is 0.0297. The summed E-state index contributed by atoms with van der Waals surface area (Å²) in [6.07, 6.45) is 0. The summed E-state index contributed by atoms with van der Waals surface area (Å²) < 4.78 is 6.04. The molecule has 4 rings (SSSR count). The maximum absolute atomic E-state index is 12.9. The molecule has 0 saturated carbocycles. The van der Waals surface area contributed by atoms with Crippen molar-refractivity contribution in [2.45, 2.75) is 27.4 Å². The standard InChI is InChI=1S/C24H26N2O3S2/c1-16-11-17(2)18(3)20(12-16)29-14-19-13-22(31-15-19)24(28)26-8-6-25(7-9-26)23(27)21-5-4-10-30-21/h4-5,10-13,15H,6-9,14H2,1-3H3. The molecular weight excluding hydrogens is 428 g/mol. The van der Waals surface area contributed by atoms with Crippen molar-refractivity contribution in [3.63, 3.8) is 0 Å². The van der Waals surface area contributed by atoms with Crippen LogP contribution >= 0.6 is 22.7 Å². The second-order valence-electron chi connectivity index (χ2n) is 7.87. The smallest absolute Gasteiger partial charge is 0.264 e. The molecule has 0 radical (unpaired) electrons. The van der Waals surface area contributed by atoms with Crippen molar-refractivity contribution in [1.29, 1.82) is 0 Å². The minimum atomic E-state index is 0.0297. The molecule has 0 unspecified atom stereocenters. The van der Waals surface area contributed by atoms with Crippen LogP contribution in [-0.4, -0.2) is 47.8 Å². The third kappa shape index (κ3) is 4.83. The molecule has 1 aliphatic heterocycles. The number of amides is 2. The van der Waals surface area contributed by atoms with E-state index in [-0.39, 0.29) is 11.8 Å². The van der Waals surface area contributed by atoms with Crippen molar-refractivity contribution in [2.24, 2.45) is 0 Å². The highest BCUT2D eigenvalue weighted by molar-refractivity contribution is 7.12. The Balaban J connectivity index is 1.33. The fraction of sp³-hybridized carbons (Fsp3) is 0.333. The van der Waals surface area contributed by atoms with Gasteiger partial charge in [-0.25, -0.2) is 0 Å². The van der Waals surface area contributed by atoms with E-state index in [0.717, 1.165) is 21.8 Å². The molecule has 1 saturated heterocycles. The van der Waals surface area contributed by atoms with Gasteiger partial charge in [0, 0.05) is 31.7 Å². The molecular formula is C24H26N2O3S2. The fourth-order valence-electron chi connectivity index (χ4n) is 3.70. The summed E-state index contributed by atoms with van der Waals surface area (Å²) in [4.78, 5) is 30.5. The second-order valence-corrected chi connectivity index (χ2v) is 9.73. The average molecular weight is 455 g/mol. The molecule has 1 aromatic carbocycles. The highest BCUT2D eigenvalue weighted by atomic mass is 32.1. The number of hydrogen-bond acceptors (Lipinski definition) is 5. The number of piperazine rings is 1. The summed E-state index contributed by atoms with van der Waals surface area (Å²) in [5, 5.41) is 3.90. The van der Waals surface area contributed by atoms with Gasteiger partial charge in [0.2, 0.25) is 0 Å². The molecule has 1 aliphatic rings. The van der Waals surface area contributed by atoms with E-state index in [1.807, 2.05) is 38.8 Å². The number of carbonyl (C=O) groups excluding carboxylic acids is 2. The summed E-state index contributed by atoms with van der Waals surface area (Å²) in [6.45, 7) is 8.90. The first kappa shape index (κ1) is 21.6. The van der Waals surface area contributed by atoms with Gasteiger partial charge in [0.1, 0.15) is 12.4 Å². The van der Waals surface area contributed by atoms with Gasteiger partial charge >= 0.3 is 0 Å². The van der Waals surface area contributed by atoms with E-state index in [1.165, 1.54) is 33.8 Å². The molecule has 0 N–H and O–H groups in total. The predicted molar refractivity (Wildman–Crippen MR) is 125 cm³/mol. The summed E-state index contributed by atoms with van der Waals surface area (Å²) in [7, 11) is 0. The van der Waals surface area contributed by atoms with Crippen LogP contribution < -0.4 is 4.74 Å². The molecule has 0 atom stereocenters. The largest absolute Gasteiger partial charge is 0.489 e. The number of aryl methyl sites for hydroxylation is 2. The first-order valence-electron chi connectivity index (χ1n) is 10.3. The van der Waals surface area contributed by atoms with Crippen molar-refractivity contribution in [3.8, 4) is 5.75 Å². The van der Waals surface area contributed by atoms with Crippen LogP contribution in [0.15, 0.2) is 41.1 Å². The van der Waals surface area contributed by atoms with E-state index in [0.29, 0.717) is 37.7 Å². The quantitative estimate of drug-likeness (QED) is 0.550. The highest BCUT2D eigenvalue weighted by Crippen LogP contribution is 2.25. The lowest BCUT2D eigenvalue weighted by molar-refractivity contribution is 0.0540. The Bertz CT molecular complexity index is 1080. The minimum Gasteiger partial charge on any atom is -0.489 e. The number of rotatable bonds is 5. The van der Waals surface area contributed by atoms with Gasteiger partial charge in [0.25, 0.3) is 11.8 Å². The third-order valence-electron chi connectivity index (χ3n) is 5.61. The molecule has 3 heterocycles. The first-order valence-corrected chi connectivity index (χ1v) is 12.1. The molecule has 3 aromatic rings. The zero-order valence-electron chi connectivity index (χ0n) is 18.0. The molecule has 5 nitrogen and oxygen atoms in total. The van der Waals surface area contributed by atoms with Gasteiger partial charge in [-0.1, -0.05) is 12.1 Å². The molecule has 0 bridgehead atoms. The van der Waals surface area contributed by atoms with Crippen LogP contribution in [0.25, 0.3) is 0 Å². The normalized spacial score (nSPS) is 14.0. The summed E-state index contributed by atoms with van der Waals surface area (Å²) >= 11 is 2.91. The molecule has 7 heteroatoms. The van der Waals surface area contributed by atoms with E-state index in [2.05, 4.69) is 32.9 Å². The fourth-order valence-corrected chi connectivity index (χ4v) is 5.25. The van der Waals surface area contributed by atoms with Crippen LogP contribution in [0.4, 0.5) is 0 Å². The molecule has 2 aromatic heterocycles. The molecule has 31 heavy (non-hydrogen) atoms. The zero-order chi connectivity index (χ0) is 22.0. The number of thiophene rings is 2. The van der Waals surface area contributed by atoms with Gasteiger partial charge in [-0.05, 0) is 66.4 Å². The van der Waals surface area contributed by atoms with Gasteiger partial charge in [-0.3, -0.25) is 9.59 Å². The number of benzene rings is 1. The van der Waals surface area contributed by atoms with Crippen LogP contribution in [0, 0.1) is 20.8 Å². The molecule has 162 valence electrons. The van der Waals surface area contributed by atoms with Crippen molar-refractivity contribution in [2.75, 3.05) is 26.2 Å². The van der Waals surface area contributed by atoms with Gasteiger partial charge < -0.3 is 14.5 Å². The number of nitrogens with zero attached hydrogens (tertiary/aromatic N) is 2. The Morgan fingerprint density at radius 1 is 0.935 bits per heavy atom. The van der Waals surface area contributed by atoms with Crippen LogP contribution in [0.5, 0.6) is 5.75 Å².